The Bertz CT molecular complexity index is 1250. The van der Waals surface area contributed by atoms with Crippen LogP contribution in [0.1, 0.15) is 10.4 Å². The average molecular weight is 480 g/mol. The molecule has 0 spiro atoms. The van der Waals surface area contributed by atoms with E-state index in [0.29, 0.717) is 23.8 Å². The first kappa shape index (κ1) is 22.8. The van der Waals surface area contributed by atoms with Crippen LogP contribution in [-0.2, 0) is 6.42 Å². The monoisotopic (exact) mass is 479 g/mol. The number of hydrogen-bond donors (Lipinski definition) is 0. The highest BCUT2D eigenvalue weighted by Crippen LogP contribution is 2.41. The highest BCUT2D eigenvalue weighted by atomic mass is 32.1. The summed E-state index contributed by atoms with van der Waals surface area (Å²) in [5.74, 6) is 1.74. The summed E-state index contributed by atoms with van der Waals surface area (Å²) in [6, 6.07) is 18.3. The first-order chi connectivity index (χ1) is 16.2. The molecule has 0 atom stereocenters. The van der Waals surface area contributed by atoms with Crippen molar-refractivity contribution in [1.29, 1.82) is 0 Å². The lowest BCUT2D eigenvalue weighted by atomic mass is 10.1. The Morgan fingerprint density at radius 1 is 0.909 bits per heavy atom. The fourth-order valence-electron chi connectivity index (χ4n) is 3.35. The molecule has 0 unspecified atom stereocenters. The Balaban J connectivity index is 1.76. The Morgan fingerprint density at radius 2 is 1.67 bits per heavy atom. The van der Waals surface area contributed by atoms with Crippen molar-refractivity contribution in [2.24, 2.45) is 10.1 Å². The molecule has 0 amide bonds. The van der Waals surface area contributed by atoms with Crippen molar-refractivity contribution in [2.75, 3.05) is 27.9 Å². The third kappa shape index (κ3) is 5.35. The number of hydrogen-bond acceptors (Lipinski definition) is 7. The average Bonchev–Trinajstić information content (AvgIpc) is 3.52. The summed E-state index contributed by atoms with van der Waals surface area (Å²) in [7, 11) is 4.82. The summed E-state index contributed by atoms with van der Waals surface area (Å²) < 4.78 is 18.4. The van der Waals surface area contributed by atoms with Crippen LogP contribution in [-0.4, -0.2) is 38.8 Å². The SMILES string of the molecule is COc1cc(-c2csc(=NCCc3ccccc3)n2N=Cc2cccs2)cc(OC)c1OC. The van der Waals surface area contributed by atoms with Crippen LogP contribution in [0.4, 0.5) is 0 Å². The molecule has 2 aromatic carbocycles. The van der Waals surface area contributed by atoms with E-state index in [4.69, 9.17) is 24.3 Å². The number of benzene rings is 2. The molecule has 0 saturated carbocycles. The van der Waals surface area contributed by atoms with Crippen LogP contribution in [0, 0.1) is 0 Å². The molecule has 170 valence electrons. The molecule has 0 N–H and O–H groups in total. The smallest absolute Gasteiger partial charge is 0.206 e. The summed E-state index contributed by atoms with van der Waals surface area (Å²) >= 11 is 3.19. The molecule has 33 heavy (non-hydrogen) atoms. The van der Waals surface area contributed by atoms with E-state index >= 15 is 0 Å². The van der Waals surface area contributed by atoms with E-state index in [1.54, 1.807) is 44.0 Å². The zero-order valence-corrected chi connectivity index (χ0v) is 20.4. The van der Waals surface area contributed by atoms with Gasteiger partial charge in [-0.25, -0.2) is 4.68 Å². The highest BCUT2D eigenvalue weighted by Gasteiger charge is 2.17. The lowest BCUT2D eigenvalue weighted by molar-refractivity contribution is 0.324. The molecule has 2 heterocycles. The number of methoxy groups -OCH3 is 3. The Labute approximate surface area is 201 Å². The zero-order chi connectivity index (χ0) is 23.0. The van der Waals surface area contributed by atoms with Gasteiger partial charge in [-0.15, -0.1) is 22.7 Å². The molecule has 4 rings (SSSR count). The van der Waals surface area contributed by atoms with Crippen molar-refractivity contribution in [3.8, 4) is 28.5 Å². The molecular formula is C25H25N3O3S2. The van der Waals surface area contributed by atoms with Gasteiger partial charge in [0.1, 0.15) is 0 Å². The van der Waals surface area contributed by atoms with Gasteiger partial charge in [-0.05, 0) is 35.6 Å². The molecule has 0 saturated heterocycles. The van der Waals surface area contributed by atoms with Gasteiger partial charge in [-0.1, -0.05) is 36.4 Å². The minimum absolute atomic E-state index is 0.556. The van der Waals surface area contributed by atoms with Gasteiger partial charge in [0.15, 0.2) is 11.5 Å². The van der Waals surface area contributed by atoms with E-state index in [1.807, 2.05) is 52.0 Å². The molecule has 0 radical (unpaired) electrons. The van der Waals surface area contributed by atoms with Gasteiger partial charge in [-0.3, -0.25) is 4.99 Å². The quantitative estimate of drug-likeness (QED) is 0.305. The first-order valence-electron chi connectivity index (χ1n) is 10.4. The van der Waals surface area contributed by atoms with Gasteiger partial charge in [0.25, 0.3) is 0 Å². The van der Waals surface area contributed by atoms with E-state index in [2.05, 4.69) is 24.3 Å². The second-order valence-electron chi connectivity index (χ2n) is 7.01. The van der Waals surface area contributed by atoms with Crippen molar-refractivity contribution < 1.29 is 14.2 Å². The van der Waals surface area contributed by atoms with Crippen molar-refractivity contribution in [2.45, 2.75) is 6.42 Å². The van der Waals surface area contributed by atoms with E-state index in [-0.39, 0.29) is 0 Å². The summed E-state index contributed by atoms with van der Waals surface area (Å²) in [5, 5.41) is 8.85. The van der Waals surface area contributed by atoms with Gasteiger partial charge in [0, 0.05) is 22.4 Å². The van der Waals surface area contributed by atoms with Gasteiger partial charge in [0.2, 0.25) is 10.6 Å². The predicted octanol–water partition coefficient (Wildman–Crippen LogP) is 5.33. The van der Waals surface area contributed by atoms with Crippen LogP contribution in [0.15, 0.2) is 75.5 Å². The number of nitrogens with zero attached hydrogens (tertiary/aromatic N) is 3. The number of ether oxygens (including phenoxy) is 3. The van der Waals surface area contributed by atoms with Crippen LogP contribution >= 0.6 is 22.7 Å². The Hall–Kier alpha value is -3.36. The standard InChI is InChI=1S/C25H25N3O3S2/c1-29-22-14-19(15-23(30-2)24(22)31-3)21-17-33-25(26-12-11-18-8-5-4-6-9-18)28(21)27-16-20-10-7-13-32-20/h4-10,13-17H,11-12H2,1-3H3. The van der Waals surface area contributed by atoms with E-state index in [0.717, 1.165) is 27.4 Å². The lowest BCUT2D eigenvalue weighted by Gasteiger charge is -2.14. The molecule has 0 aliphatic carbocycles. The fourth-order valence-corrected chi connectivity index (χ4v) is 4.79. The van der Waals surface area contributed by atoms with Gasteiger partial charge >= 0.3 is 0 Å². The maximum Gasteiger partial charge on any atom is 0.206 e. The van der Waals surface area contributed by atoms with Crippen molar-refractivity contribution in [3.05, 3.63) is 80.6 Å². The second-order valence-corrected chi connectivity index (χ2v) is 8.82. The minimum Gasteiger partial charge on any atom is -0.493 e. The van der Waals surface area contributed by atoms with Gasteiger partial charge in [-0.2, -0.15) is 5.10 Å². The van der Waals surface area contributed by atoms with Gasteiger partial charge < -0.3 is 14.2 Å². The molecule has 0 fully saturated rings. The molecule has 8 heteroatoms. The maximum absolute atomic E-state index is 5.55. The van der Waals surface area contributed by atoms with Crippen LogP contribution in [0.2, 0.25) is 0 Å². The van der Waals surface area contributed by atoms with Crippen LogP contribution in [0.5, 0.6) is 17.2 Å². The Morgan fingerprint density at radius 3 is 2.30 bits per heavy atom. The highest BCUT2D eigenvalue weighted by molar-refractivity contribution is 7.11. The topological polar surface area (TPSA) is 57.3 Å². The molecular weight excluding hydrogens is 454 g/mol. The van der Waals surface area contributed by atoms with Crippen molar-refractivity contribution in [3.63, 3.8) is 0 Å². The first-order valence-corrected chi connectivity index (χ1v) is 12.1. The maximum atomic E-state index is 5.55. The molecule has 4 aromatic rings. The second kappa shape index (κ2) is 11.0. The number of rotatable bonds is 9. The van der Waals surface area contributed by atoms with Gasteiger partial charge in [0.05, 0.1) is 33.2 Å². The molecule has 6 nitrogen and oxygen atoms in total. The summed E-state index contributed by atoms with van der Waals surface area (Å²) in [4.78, 5) is 6.74. The number of aromatic nitrogens is 1. The normalized spacial score (nSPS) is 11.8. The summed E-state index contributed by atoms with van der Waals surface area (Å²) in [5.41, 5.74) is 3.05. The number of thiophene rings is 1. The molecule has 0 bridgehead atoms. The van der Waals surface area contributed by atoms with Crippen LogP contribution < -0.4 is 19.0 Å². The predicted molar refractivity (Wildman–Crippen MR) is 135 cm³/mol. The Kier molecular flexibility index (Phi) is 7.59. The zero-order valence-electron chi connectivity index (χ0n) is 18.7. The number of thiazole rings is 1. The summed E-state index contributed by atoms with van der Waals surface area (Å²) in [6.45, 7) is 0.674. The third-order valence-electron chi connectivity index (χ3n) is 4.98. The minimum atomic E-state index is 0.556. The van der Waals surface area contributed by atoms with Crippen LogP contribution in [0.25, 0.3) is 11.3 Å². The largest absolute Gasteiger partial charge is 0.493 e. The lowest BCUT2D eigenvalue weighted by Crippen LogP contribution is -2.13. The van der Waals surface area contributed by atoms with Crippen LogP contribution in [0.3, 0.4) is 0 Å². The fraction of sp³-hybridized carbons (Fsp3) is 0.200. The van der Waals surface area contributed by atoms with E-state index in [1.165, 1.54) is 5.56 Å². The third-order valence-corrected chi connectivity index (χ3v) is 6.64. The molecule has 2 aromatic heterocycles. The molecule has 0 aliphatic rings. The van der Waals surface area contributed by atoms with E-state index in [9.17, 15) is 0 Å². The molecule has 0 aliphatic heterocycles. The van der Waals surface area contributed by atoms with Crippen molar-refractivity contribution >= 4 is 28.9 Å². The van der Waals surface area contributed by atoms with Crippen molar-refractivity contribution in [1.82, 2.24) is 4.68 Å². The van der Waals surface area contributed by atoms with E-state index < -0.39 is 0 Å². The summed E-state index contributed by atoms with van der Waals surface area (Å²) in [6.07, 6.45) is 2.72.